The van der Waals surface area contributed by atoms with E-state index in [0.717, 1.165) is 25.1 Å². The summed E-state index contributed by atoms with van der Waals surface area (Å²) >= 11 is 1.91. The van der Waals surface area contributed by atoms with Crippen molar-refractivity contribution in [2.24, 2.45) is 0 Å². The average molecular weight is 247 g/mol. The first-order valence-corrected chi connectivity index (χ1v) is 7.11. The molecule has 17 heavy (non-hydrogen) atoms. The Morgan fingerprint density at radius 1 is 1.41 bits per heavy atom. The van der Waals surface area contributed by atoms with E-state index in [9.17, 15) is 0 Å². The van der Waals surface area contributed by atoms with Crippen LogP contribution in [0.5, 0.6) is 0 Å². The summed E-state index contributed by atoms with van der Waals surface area (Å²) in [6.07, 6.45) is 7.23. The van der Waals surface area contributed by atoms with Crippen molar-refractivity contribution in [1.29, 1.82) is 0 Å². The van der Waals surface area contributed by atoms with E-state index >= 15 is 0 Å². The second-order valence-electron chi connectivity index (χ2n) is 4.07. The highest BCUT2D eigenvalue weighted by molar-refractivity contribution is 7.99. The molecule has 0 radical (unpaired) electrons. The topological polar surface area (TPSA) is 12.0 Å². The smallest absolute Gasteiger partial charge is 0.0170 e. The highest BCUT2D eigenvalue weighted by Gasteiger charge is 2.07. The summed E-state index contributed by atoms with van der Waals surface area (Å²) in [5.41, 5.74) is 1.35. The van der Waals surface area contributed by atoms with E-state index in [4.69, 9.17) is 6.42 Å². The zero-order valence-corrected chi connectivity index (χ0v) is 11.5. The molecule has 92 valence electrons. The molecule has 1 rings (SSSR count). The van der Waals surface area contributed by atoms with Crippen LogP contribution in [0, 0.1) is 19.3 Å². The molecule has 2 heteroatoms. The molecule has 1 unspecified atom stereocenters. The van der Waals surface area contributed by atoms with Crippen LogP contribution in [-0.4, -0.2) is 18.3 Å². The SMILES string of the molecule is C#CCCC(CSc1ccccc1C)NCC. The molecule has 0 saturated heterocycles. The molecule has 1 nitrogen and oxygen atoms in total. The van der Waals surface area contributed by atoms with Crippen molar-refractivity contribution >= 4 is 11.8 Å². The van der Waals surface area contributed by atoms with Gasteiger partial charge >= 0.3 is 0 Å². The molecule has 0 aromatic heterocycles. The third-order valence-corrected chi connectivity index (χ3v) is 4.00. The highest BCUT2D eigenvalue weighted by Crippen LogP contribution is 2.23. The Morgan fingerprint density at radius 2 is 2.18 bits per heavy atom. The van der Waals surface area contributed by atoms with Crippen molar-refractivity contribution in [3.63, 3.8) is 0 Å². The molecule has 0 aliphatic rings. The molecule has 0 amide bonds. The summed E-state index contributed by atoms with van der Waals surface area (Å²) in [7, 11) is 0. The van der Waals surface area contributed by atoms with Gasteiger partial charge in [-0.05, 0) is 31.5 Å². The second-order valence-corrected chi connectivity index (χ2v) is 5.14. The Labute approximate surface area is 109 Å². The maximum Gasteiger partial charge on any atom is 0.0170 e. The largest absolute Gasteiger partial charge is 0.313 e. The summed E-state index contributed by atoms with van der Waals surface area (Å²) in [5.74, 6) is 3.80. The molecule has 0 bridgehead atoms. The normalized spacial score (nSPS) is 12.1. The monoisotopic (exact) mass is 247 g/mol. The minimum atomic E-state index is 0.514. The van der Waals surface area contributed by atoms with Crippen LogP contribution >= 0.6 is 11.8 Å². The van der Waals surface area contributed by atoms with Crippen molar-refractivity contribution in [2.75, 3.05) is 12.3 Å². The molecule has 1 aromatic carbocycles. The number of hydrogen-bond donors (Lipinski definition) is 1. The van der Waals surface area contributed by atoms with E-state index in [1.54, 1.807) is 0 Å². The number of hydrogen-bond acceptors (Lipinski definition) is 2. The van der Waals surface area contributed by atoms with Gasteiger partial charge in [0.2, 0.25) is 0 Å². The van der Waals surface area contributed by atoms with Gasteiger partial charge in [-0.15, -0.1) is 24.1 Å². The van der Waals surface area contributed by atoms with E-state index in [1.165, 1.54) is 10.5 Å². The Balaban J connectivity index is 2.46. The van der Waals surface area contributed by atoms with Crippen molar-refractivity contribution in [3.05, 3.63) is 29.8 Å². The van der Waals surface area contributed by atoms with E-state index < -0.39 is 0 Å². The maximum absolute atomic E-state index is 5.32. The van der Waals surface area contributed by atoms with Crippen LogP contribution in [0.25, 0.3) is 0 Å². The van der Waals surface area contributed by atoms with Gasteiger partial charge in [0.15, 0.2) is 0 Å². The predicted octanol–water partition coefficient (Wildman–Crippen LogP) is 3.48. The van der Waals surface area contributed by atoms with Crippen LogP contribution in [0.3, 0.4) is 0 Å². The Morgan fingerprint density at radius 3 is 2.82 bits per heavy atom. The molecule has 1 aromatic rings. The fraction of sp³-hybridized carbons (Fsp3) is 0.467. The molecule has 0 heterocycles. The molecule has 1 N–H and O–H groups in total. The summed E-state index contributed by atoms with van der Waals surface area (Å²) in [4.78, 5) is 1.37. The summed E-state index contributed by atoms with van der Waals surface area (Å²) in [6.45, 7) is 5.30. The lowest BCUT2D eigenvalue weighted by atomic mass is 10.2. The molecule has 0 fully saturated rings. The lowest BCUT2D eigenvalue weighted by Crippen LogP contribution is -2.30. The van der Waals surface area contributed by atoms with Gasteiger partial charge in [0.05, 0.1) is 0 Å². The molecule has 0 aliphatic carbocycles. The van der Waals surface area contributed by atoms with Crippen molar-refractivity contribution in [2.45, 2.75) is 37.6 Å². The van der Waals surface area contributed by atoms with Gasteiger partial charge in [-0.3, -0.25) is 0 Å². The van der Waals surface area contributed by atoms with Crippen LogP contribution in [0.15, 0.2) is 29.2 Å². The van der Waals surface area contributed by atoms with Gasteiger partial charge in [0, 0.05) is 23.1 Å². The lowest BCUT2D eigenvalue weighted by Gasteiger charge is -2.16. The van der Waals surface area contributed by atoms with E-state index in [0.29, 0.717) is 6.04 Å². The van der Waals surface area contributed by atoms with Crippen LogP contribution in [0.4, 0.5) is 0 Å². The number of thioether (sulfide) groups is 1. The molecule has 0 aliphatic heterocycles. The Hall–Kier alpha value is -0.910. The average Bonchev–Trinajstić information content (AvgIpc) is 2.34. The van der Waals surface area contributed by atoms with Gasteiger partial charge < -0.3 is 5.32 Å². The van der Waals surface area contributed by atoms with E-state index in [1.807, 2.05) is 11.8 Å². The third-order valence-electron chi connectivity index (χ3n) is 2.66. The summed E-state index contributed by atoms with van der Waals surface area (Å²) < 4.78 is 0. The van der Waals surface area contributed by atoms with Crippen molar-refractivity contribution in [3.8, 4) is 12.3 Å². The zero-order valence-electron chi connectivity index (χ0n) is 10.7. The number of benzene rings is 1. The Kier molecular flexibility index (Phi) is 6.84. The van der Waals surface area contributed by atoms with E-state index in [2.05, 4.69) is 49.4 Å². The van der Waals surface area contributed by atoms with Crippen LogP contribution < -0.4 is 5.32 Å². The van der Waals surface area contributed by atoms with Gasteiger partial charge in [-0.1, -0.05) is 25.1 Å². The van der Waals surface area contributed by atoms with Crippen LogP contribution in [-0.2, 0) is 0 Å². The summed E-state index contributed by atoms with van der Waals surface area (Å²) in [6, 6.07) is 9.04. The number of rotatable bonds is 7. The highest BCUT2D eigenvalue weighted by atomic mass is 32.2. The molecular weight excluding hydrogens is 226 g/mol. The minimum Gasteiger partial charge on any atom is -0.313 e. The predicted molar refractivity (Wildman–Crippen MR) is 77.4 cm³/mol. The number of nitrogens with one attached hydrogen (secondary N) is 1. The van der Waals surface area contributed by atoms with Gasteiger partial charge in [-0.25, -0.2) is 0 Å². The molecular formula is C15H21NS. The number of aryl methyl sites for hydroxylation is 1. The first kappa shape index (κ1) is 14.2. The first-order chi connectivity index (χ1) is 8.27. The quantitative estimate of drug-likeness (QED) is 0.585. The van der Waals surface area contributed by atoms with Gasteiger partial charge in [-0.2, -0.15) is 0 Å². The van der Waals surface area contributed by atoms with E-state index in [-0.39, 0.29) is 0 Å². The van der Waals surface area contributed by atoms with Crippen LogP contribution in [0.1, 0.15) is 25.3 Å². The van der Waals surface area contributed by atoms with Crippen molar-refractivity contribution < 1.29 is 0 Å². The second kappa shape index (κ2) is 8.22. The fourth-order valence-corrected chi connectivity index (χ4v) is 2.84. The minimum absolute atomic E-state index is 0.514. The van der Waals surface area contributed by atoms with Gasteiger partial charge in [0.1, 0.15) is 0 Å². The first-order valence-electron chi connectivity index (χ1n) is 6.13. The molecule has 1 atom stereocenters. The van der Waals surface area contributed by atoms with Gasteiger partial charge in [0.25, 0.3) is 0 Å². The van der Waals surface area contributed by atoms with Crippen LogP contribution in [0.2, 0.25) is 0 Å². The summed E-state index contributed by atoms with van der Waals surface area (Å²) in [5, 5.41) is 3.49. The third kappa shape index (κ3) is 5.30. The van der Waals surface area contributed by atoms with Crippen molar-refractivity contribution in [1.82, 2.24) is 5.32 Å². The standard InChI is InChI=1S/C15H21NS/c1-4-6-10-14(16-5-2)12-17-15-11-8-7-9-13(15)3/h1,7-9,11,14,16H,5-6,10,12H2,2-3H3. The molecule has 0 spiro atoms. The number of terminal acetylenes is 1. The molecule has 0 saturated carbocycles. The Bertz CT molecular complexity index is 367. The lowest BCUT2D eigenvalue weighted by molar-refractivity contribution is 0.545. The zero-order chi connectivity index (χ0) is 12.5. The fourth-order valence-electron chi connectivity index (χ4n) is 1.70. The maximum atomic E-state index is 5.32.